The number of aromatic nitrogens is 3. The minimum atomic E-state index is -0.142. The number of hydrogen-bond acceptors (Lipinski definition) is 4. The first kappa shape index (κ1) is 25.4. The lowest BCUT2D eigenvalue weighted by atomic mass is 9.87. The molecule has 0 saturated heterocycles. The van der Waals surface area contributed by atoms with Crippen molar-refractivity contribution >= 4 is 16.9 Å². The van der Waals surface area contributed by atoms with Crippen molar-refractivity contribution in [3.8, 4) is 5.75 Å². The van der Waals surface area contributed by atoms with Gasteiger partial charge in [0.2, 0.25) is 0 Å². The quantitative estimate of drug-likeness (QED) is 0.267. The molecule has 0 saturated carbocycles. The van der Waals surface area contributed by atoms with Crippen LogP contribution in [0, 0.1) is 0 Å². The Balaban J connectivity index is 1.27. The van der Waals surface area contributed by atoms with Crippen molar-refractivity contribution in [2.45, 2.75) is 58.4 Å². The van der Waals surface area contributed by atoms with Gasteiger partial charge in [-0.3, -0.25) is 9.78 Å². The Kier molecular flexibility index (Phi) is 8.36. The second-order valence-corrected chi connectivity index (χ2v) is 10.1. The van der Waals surface area contributed by atoms with Crippen molar-refractivity contribution in [2.75, 3.05) is 13.2 Å². The number of rotatable bonds is 11. The number of ether oxygens (including phenoxy) is 1. The number of aryl methyl sites for hydroxylation is 2. The predicted octanol–water partition coefficient (Wildman–Crippen LogP) is 5.95. The van der Waals surface area contributed by atoms with Gasteiger partial charge in [0.15, 0.2) is 0 Å². The van der Waals surface area contributed by atoms with Gasteiger partial charge in [0, 0.05) is 25.7 Å². The number of imidazole rings is 1. The number of unbranched alkanes of at least 4 members (excludes halogenated alkanes) is 1. The Morgan fingerprint density at radius 2 is 1.72 bits per heavy atom. The van der Waals surface area contributed by atoms with Crippen LogP contribution in [0.3, 0.4) is 0 Å². The monoisotopic (exact) mass is 484 g/mol. The topological polar surface area (TPSA) is 69.0 Å². The normalized spacial score (nSPS) is 11.5. The molecule has 1 N–H and O–H groups in total. The molecule has 2 aromatic heterocycles. The lowest BCUT2D eigenvalue weighted by molar-refractivity contribution is 0.0948. The number of carbonyl (C=O) groups is 1. The fourth-order valence-electron chi connectivity index (χ4n) is 4.21. The third-order valence-electron chi connectivity index (χ3n) is 6.26. The highest BCUT2D eigenvalue weighted by Gasteiger charge is 2.13. The van der Waals surface area contributed by atoms with E-state index in [-0.39, 0.29) is 11.3 Å². The minimum absolute atomic E-state index is 0.142. The molecule has 4 aromatic rings. The van der Waals surface area contributed by atoms with Crippen molar-refractivity contribution in [1.82, 2.24) is 19.9 Å². The average molecular weight is 485 g/mol. The van der Waals surface area contributed by atoms with Gasteiger partial charge in [-0.2, -0.15) is 0 Å². The molecule has 188 valence electrons. The summed E-state index contributed by atoms with van der Waals surface area (Å²) in [5.41, 5.74) is 4.07. The molecule has 0 radical (unpaired) electrons. The molecule has 0 bridgehead atoms. The van der Waals surface area contributed by atoms with Crippen LogP contribution in [0.5, 0.6) is 5.75 Å². The van der Waals surface area contributed by atoms with Crippen molar-refractivity contribution in [1.29, 1.82) is 0 Å². The molecule has 0 spiro atoms. The van der Waals surface area contributed by atoms with Crippen LogP contribution in [0.15, 0.2) is 72.9 Å². The molecular weight excluding hydrogens is 448 g/mol. The Morgan fingerprint density at radius 1 is 0.944 bits per heavy atom. The van der Waals surface area contributed by atoms with Crippen LogP contribution in [0.4, 0.5) is 0 Å². The summed E-state index contributed by atoms with van der Waals surface area (Å²) in [6, 6.07) is 22.0. The van der Waals surface area contributed by atoms with Crippen molar-refractivity contribution in [2.24, 2.45) is 0 Å². The zero-order valence-electron chi connectivity index (χ0n) is 21.5. The minimum Gasteiger partial charge on any atom is -0.494 e. The van der Waals surface area contributed by atoms with Gasteiger partial charge in [0.1, 0.15) is 17.3 Å². The van der Waals surface area contributed by atoms with Gasteiger partial charge in [0.05, 0.1) is 17.6 Å². The molecule has 0 atom stereocenters. The number of fused-ring (bicyclic) bond motifs is 1. The van der Waals surface area contributed by atoms with Crippen LogP contribution in [-0.2, 0) is 18.4 Å². The third-order valence-corrected chi connectivity index (χ3v) is 6.26. The molecule has 0 unspecified atom stereocenters. The molecule has 2 aromatic carbocycles. The van der Waals surface area contributed by atoms with E-state index in [0.29, 0.717) is 18.8 Å². The molecule has 0 aliphatic rings. The molecule has 0 fully saturated rings. The number of benzene rings is 2. The average Bonchev–Trinajstić information content (AvgIpc) is 3.24. The maximum absolute atomic E-state index is 12.2. The number of pyridine rings is 1. The van der Waals surface area contributed by atoms with E-state index in [2.05, 4.69) is 78.1 Å². The van der Waals surface area contributed by atoms with E-state index < -0.39 is 0 Å². The number of para-hydroxylation sites is 2. The van der Waals surface area contributed by atoms with Gasteiger partial charge in [-0.1, -0.05) is 51.1 Å². The van der Waals surface area contributed by atoms with E-state index in [9.17, 15) is 4.79 Å². The van der Waals surface area contributed by atoms with Crippen molar-refractivity contribution in [3.63, 3.8) is 0 Å². The first-order valence-electron chi connectivity index (χ1n) is 12.8. The van der Waals surface area contributed by atoms with Crippen molar-refractivity contribution in [3.05, 3.63) is 90.0 Å². The molecule has 2 heterocycles. The Labute approximate surface area is 213 Å². The number of nitrogens with zero attached hydrogens (tertiary/aromatic N) is 3. The lowest BCUT2D eigenvalue weighted by Crippen LogP contribution is -2.25. The first-order valence-corrected chi connectivity index (χ1v) is 12.8. The maximum atomic E-state index is 12.2. The van der Waals surface area contributed by atoms with E-state index in [4.69, 9.17) is 9.72 Å². The molecule has 1 amide bonds. The summed E-state index contributed by atoms with van der Waals surface area (Å²) in [5.74, 6) is 1.84. The van der Waals surface area contributed by atoms with Gasteiger partial charge >= 0.3 is 0 Å². The highest BCUT2D eigenvalue weighted by Crippen LogP contribution is 2.24. The highest BCUT2D eigenvalue weighted by atomic mass is 16.5. The summed E-state index contributed by atoms with van der Waals surface area (Å²) in [4.78, 5) is 21.2. The smallest absolute Gasteiger partial charge is 0.269 e. The van der Waals surface area contributed by atoms with Gasteiger partial charge in [-0.05, 0) is 66.6 Å². The molecule has 6 heteroatoms. The predicted molar refractivity (Wildman–Crippen MR) is 144 cm³/mol. The molecule has 0 aliphatic carbocycles. The lowest BCUT2D eigenvalue weighted by Gasteiger charge is -2.19. The van der Waals surface area contributed by atoms with Crippen LogP contribution in [-0.4, -0.2) is 33.6 Å². The first-order chi connectivity index (χ1) is 17.4. The summed E-state index contributed by atoms with van der Waals surface area (Å²) < 4.78 is 8.29. The van der Waals surface area contributed by atoms with E-state index in [1.807, 2.05) is 12.1 Å². The van der Waals surface area contributed by atoms with Gasteiger partial charge in [-0.15, -0.1) is 0 Å². The second-order valence-electron chi connectivity index (χ2n) is 10.1. The third kappa shape index (κ3) is 6.72. The molecule has 6 nitrogen and oxygen atoms in total. The van der Waals surface area contributed by atoms with Crippen LogP contribution in [0.2, 0.25) is 0 Å². The molecule has 36 heavy (non-hydrogen) atoms. The molecular formula is C30H36N4O2. The number of amides is 1. The maximum Gasteiger partial charge on any atom is 0.269 e. The summed E-state index contributed by atoms with van der Waals surface area (Å²) in [5, 5.41) is 2.95. The van der Waals surface area contributed by atoms with E-state index in [1.54, 1.807) is 18.3 Å². The van der Waals surface area contributed by atoms with Crippen LogP contribution >= 0.6 is 0 Å². The highest BCUT2D eigenvalue weighted by molar-refractivity contribution is 5.92. The summed E-state index contributed by atoms with van der Waals surface area (Å²) in [6.07, 6.45) is 5.21. The van der Waals surface area contributed by atoms with Gasteiger partial charge < -0.3 is 14.6 Å². The van der Waals surface area contributed by atoms with E-state index in [1.165, 1.54) is 5.56 Å². The molecule has 4 rings (SSSR count). The SMILES string of the molecule is CC(C)(C)c1ccc(OCCCCn2c(CCCNC(=O)c3ccccn3)nc3ccccc32)cc1. The Morgan fingerprint density at radius 3 is 2.47 bits per heavy atom. The largest absolute Gasteiger partial charge is 0.494 e. The standard InChI is InChI=1S/C30H36N4O2/c1-30(2,3)23-15-17-24(18-16-23)36-22-9-8-21-34-27-13-5-4-11-25(27)33-28(34)14-10-20-32-29(35)26-12-6-7-19-31-26/h4-7,11-13,15-19H,8-10,14,20-22H2,1-3H3,(H,32,35). The molecule has 0 aliphatic heterocycles. The summed E-state index contributed by atoms with van der Waals surface area (Å²) in [7, 11) is 0. The second kappa shape index (κ2) is 11.8. The fraction of sp³-hybridized carbons (Fsp3) is 0.367. The van der Waals surface area contributed by atoms with Crippen LogP contribution in [0.1, 0.15) is 61.9 Å². The number of carbonyl (C=O) groups excluding carboxylic acids is 1. The van der Waals surface area contributed by atoms with Crippen LogP contribution in [0.25, 0.3) is 11.0 Å². The Hall–Kier alpha value is -3.67. The van der Waals surface area contributed by atoms with E-state index in [0.717, 1.165) is 54.8 Å². The zero-order valence-corrected chi connectivity index (χ0v) is 21.5. The zero-order chi connectivity index (χ0) is 25.4. The van der Waals surface area contributed by atoms with Gasteiger partial charge in [-0.25, -0.2) is 4.98 Å². The number of nitrogens with one attached hydrogen (secondary N) is 1. The summed E-state index contributed by atoms with van der Waals surface area (Å²) >= 11 is 0. The summed E-state index contributed by atoms with van der Waals surface area (Å²) in [6.45, 7) is 8.82. The van der Waals surface area contributed by atoms with Gasteiger partial charge in [0.25, 0.3) is 5.91 Å². The Bertz CT molecular complexity index is 1260. The number of hydrogen-bond donors (Lipinski definition) is 1. The van der Waals surface area contributed by atoms with Crippen LogP contribution < -0.4 is 10.1 Å². The fourth-order valence-corrected chi connectivity index (χ4v) is 4.21. The van der Waals surface area contributed by atoms with Crippen molar-refractivity contribution < 1.29 is 9.53 Å². The van der Waals surface area contributed by atoms with E-state index >= 15 is 0 Å².